The second-order valence-electron chi connectivity index (χ2n) is 8.61. The standard InChI is InChI=1S/C22H30N2O2S/c1-11-8-17(25)18(15-6-4-14(5-7-15)12(2)10-23)19-16-9-13(3)27-21(16)22(26)24-20(11)19/h4-7,9,11-12,16-21,25H,8,10,23H2,1-3H3,(H,24,26)/t11?,12-,16?,17?,18?,19?,20?,21?/m0/s1. The van der Waals surface area contributed by atoms with Gasteiger partial charge < -0.3 is 16.2 Å². The van der Waals surface area contributed by atoms with E-state index in [1.54, 1.807) is 11.8 Å². The summed E-state index contributed by atoms with van der Waals surface area (Å²) in [6, 6.07) is 8.74. The number of thioether (sulfide) groups is 1. The molecule has 0 bridgehead atoms. The quantitative estimate of drug-likeness (QED) is 0.746. The molecule has 1 aliphatic carbocycles. The fourth-order valence-corrected chi connectivity index (χ4v) is 6.57. The zero-order chi connectivity index (χ0) is 19.3. The van der Waals surface area contributed by atoms with Crippen molar-refractivity contribution in [2.24, 2.45) is 23.5 Å². The smallest absolute Gasteiger partial charge is 0.234 e. The van der Waals surface area contributed by atoms with Gasteiger partial charge in [-0.2, -0.15) is 0 Å². The van der Waals surface area contributed by atoms with Crippen LogP contribution in [-0.2, 0) is 4.79 Å². The summed E-state index contributed by atoms with van der Waals surface area (Å²) in [5.74, 6) is 1.24. The SMILES string of the molecule is CC1=CC2C(S1)C(=O)NC1C(C)CC(O)C(c3ccc([C@@H](C)CN)cc3)C21. The van der Waals surface area contributed by atoms with E-state index in [0.29, 0.717) is 12.5 Å². The topological polar surface area (TPSA) is 75.3 Å². The molecule has 1 saturated heterocycles. The number of hydrogen-bond donors (Lipinski definition) is 3. The highest BCUT2D eigenvalue weighted by molar-refractivity contribution is 8.04. The van der Waals surface area contributed by atoms with Crippen molar-refractivity contribution in [3.05, 3.63) is 46.4 Å². The van der Waals surface area contributed by atoms with E-state index in [1.807, 2.05) is 0 Å². The molecule has 146 valence electrons. The number of rotatable bonds is 3. The van der Waals surface area contributed by atoms with Crippen LogP contribution in [0.4, 0.5) is 0 Å². The minimum Gasteiger partial charge on any atom is -0.392 e. The van der Waals surface area contributed by atoms with Crippen molar-refractivity contribution in [3.63, 3.8) is 0 Å². The van der Waals surface area contributed by atoms with Crippen molar-refractivity contribution in [1.29, 1.82) is 0 Å². The highest BCUT2D eigenvalue weighted by Crippen LogP contribution is 2.53. The van der Waals surface area contributed by atoms with Crippen LogP contribution >= 0.6 is 11.8 Å². The van der Waals surface area contributed by atoms with Gasteiger partial charge in [0.1, 0.15) is 0 Å². The van der Waals surface area contributed by atoms with Crippen molar-refractivity contribution in [1.82, 2.24) is 5.32 Å². The predicted octanol–water partition coefficient (Wildman–Crippen LogP) is 2.98. The summed E-state index contributed by atoms with van der Waals surface area (Å²) in [6.07, 6.45) is 2.61. The van der Waals surface area contributed by atoms with Crippen molar-refractivity contribution < 1.29 is 9.90 Å². The largest absolute Gasteiger partial charge is 0.392 e. The Bertz CT molecular complexity index is 747. The van der Waals surface area contributed by atoms with E-state index in [4.69, 9.17) is 5.73 Å². The summed E-state index contributed by atoms with van der Waals surface area (Å²) in [5, 5.41) is 14.3. The van der Waals surface area contributed by atoms with E-state index >= 15 is 0 Å². The normalized spacial score (nSPS) is 39.2. The molecule has 4 rings (SSSR count). The summed E-state index contributed by atoms with van der Waals surface area (Å²) < 4.78 is 0. The number of nitrogens with one attached hydrogen (secondary N) is 1. The Labute approximate surface area is 166 Å². The fourth-order valence-electron chi connectivity index (χ4n) is 5.34. The molecule has 7 unspecified atom stereocenters. The maximum atomic E-state index is 12.7. The van der Waals surface area contributed by atoms with Gasteiger partial charge in [-0.1, -0.05) is 44.2 Å². The van der Waals surface area contributed by atoms with Crippen LogP contribution in [0.25, 0.3) is 0 Å². The minimum absolute atomic E-state index is 0.0456. The summed E-state index contributed by atoms with van der Waals surface area (Å²) in [6.45, 7) is 7.01. The Morgan fingerprint density at radius 2 is 2.04 bits per heavy atom. The molecule has 2 heterocycles. The lowest BCUT2D eigenvalue weighted by Gasteiger charge is -2.51. The van der Waals surface area contributed by atoms with Crippen molar-refractivity contribution in [2.45, 2.75) is 56.4 Å². The first-order valence-corrected chi connectivity index (χ1v) is 10.9. The molecule has 0 radical (unpaired) electrons. The molecule has 1 aromatic rings. The number of carbonyl (C=O) groups excluding carboxylic acids is 1. The van der Waals surface area contributed by atoms with Gasteiger partial charge in [-0.25, -0.2) is 0 Å². The molecule has 2 aliphatic heterocycles. The Balaban J connectivity index is 1.71. The molecule has 8 atom stereocenters. The molecule has 27 heavy (non-hydrogen) atoms. The number of allylic oxidation sites excluding steroid dienone is 2. The molecule has 5 heteroatoms. The van der Waals surface area contributed by atoms with Crippen molar-refractivity contribution in [2.75, 3.05) is 6.54 Å². The third-order valence-corrected chi connectivity index (χ3v) is 8.11. The van der Waals surface area contributed by atoms with Crippen molar-refractivity contribution in [3.8, 4) is 0 Å². The first-order valence-electron chi connectivity index (χ1n) is 10.0. The van der Waals surface area contributed by atoms with Gasteiger partial charge >= 0.3 is 0 Å². The summed E-state index contributed by atoms with van der Waals surface area (Å²) >= 11 is 1.68. The Kier molecular flexibility index (Phi) is 5.12. The maximum Gasteiger partial charge on any atom is 0.234 e. The lowest BCUT2D eigenvalue weighted by Crippen LogP contribution is -2.62. The monoisotopic (exact) mass is 386 g/mol. The molecule has 1 amide bonds. The Hall–Kier alpha value is -1.30. The first kappa shape index (κ1) is 19.0. The fraction of sp³-hybridized carbons (Fsp3) is 0.591. The number of nitrogens with two attached hydrogens (primary N) is 1. The number of aliphatic hydroxyl groups is 1. The van der Waals surface area contributed by atoms with E-state index in [1.165, 1.54) is 16.0 Å². The molecule has 3 aliphatic rings. The number of benzene rings is 1. The summed E-state index contributed by atoms with van der Waals surface area (Å²) in [4.78, 5) is 13.9. The third-order valence-electron chi connectivity index (χ3n) is 6.82. The maximum absolute atomic E-state index is 12.7. The molecule has 4 nitrogen and oxygen atoms in total. The number of fused-ring (bicyclic) bond motifs is 3. The van der Waals surface area contributed by atoms with Gasteiger partial charge in [-0.05, 0) is 53.7 Å². The van der Waals surface area contributed by atoms with Crippen molar-refractivity contribution >= 4 is 17.7 Å². The number of hydrogen-bond acceptors (Lipinski definition) is 4. The highest BCUT2D eigenvalue weighted by Gasteiger charge is 2.54. The summed E-state index contributed by atoms with van der Waals surface area (Å²) in [7, 11) is 0. The van der Waals surface area contributed by atoms with Gasteiger partial charge in [0.05, 0.1) is 11.4 Å². The minimum atomic E-state index is -0.381. The van der Waals surface area contributed by atoms with E-state index in [2.05, 4.69) is 56.4 Å². The van der Waals surface area contributed by atoms with Gasteiger partial charge in [-0.3, -0.25) is 4.79 Å². The predicted molar refractivity (Wildman–Crippen MR) is 110 cm³/mol. The Morgan fingerprint density at radius 1 is 1.33 bits per heavy atom. The molecular formula is C22H30N2O2S. The van der Waals surface area contributed by atoms with Gasteiger partial charge in [0, 0.05) is 17.9 Å². The number of amides is 1. The second-order valence-corrected chi connectivity index (χ2v) is 10.0. The van der Waals surface area contributed by atoms with Crippen LogP contribution in [0.3, 0.4) is 0 Å². The van der Waals surface area contributed by atoms with E-state index in [9.17, 15) is 9.90 Å². The van der Waals surface area contributed by atoms with Crippen LogP contribution in [0.5, 0.6) is 0 Å². The zero-order valence-corrected chi connectivity index (χ0v) is 17.1. The Morgan fingerprint density at radius 3 is 2.70 bits per heavy atom. The number of piperidine rings is 1. The lowest BCUT2D eigenvalue weighted by atomic mass is 9.60. The average Bonchev–Trinajstić information content (AvgIpc) is 3.05. The average molecular weight is 387 g/mol. The second kappa shape index (κ2) is 7.26. The van der Waals surface area contributed by atoms with Crippen LogP contribution < -0.4 is 11.1 Å². The molecule has 0 aromatic heterocycles. The van der Waals surface area contributed by atoms with E-state index in [0.717, 1.165) is 6.42 Å². The molecular weight excluding hydrogens is 356 g/mol. The van der Waals surface area contributed by atoms with Gasteiger partial charge in [0.2, 0.25) is 5.91 Å². The van der Waals surface area contributed by atoms with Crippen LogP contribution in [0.15, 0.2) is 35.2 Å². The highest BCUT2D eigenvalue weighted by atomic mass is 32.2. The van der Waals surface area contributed by atoms with Crippen LogP contribution in [-0.4, -0.2) is 35.0 Å². The van der Waals surface area contributed by atoms with E-state index in [-0.39, 0.29) is 47.0 Å². The van der Waals surface area contributed by atoms with Gasteiger partial charge in [0.15, 0.2) is 0 Å². The van der Waals surface area contributed by atoms with Gasteiger partial charge in [-0.15, -0.1) is 11.8 Å². The third kappa shape index (κ3) is 3.24. The van der Waals surface area contributed by atoms with Crippen LogP contribution in [0.1, 0.15) is 50.2 Å². The molecule has 1 aromatic carbocycles. The summed E-state index contributed by atoms with van der Waals surface area (Å²) in [5.41, 5.74) is 8.22. The number of aliphatic hydroxyl groups excluding tert-OH is 1. The number of carbonyl (C=O) groups is 1. The van der Waals surface area contributed by atoms with Crippen LogP contribution in [0.2, 0.25) is 0 Å². The molecule has 2 fully saturated rings. The zero-order valence-electron chi connectivity index (χ0n) is 16.3. The van der Waals surface area contributed by atoms with Crippen LogP contribution in [0, 0.1) is 17.8 Å². The first-order chi connectivity index (χ1) is 12.9. The van der Waals surface area contributed by atoms with Gasteiger partial charge in [0.25, 0.3) is 0 Å². The molecule has 0 spiro atoms. The molecule has 1 saturated carbocycles. The molecule has 4 N–H and O–H groups in total. The van der Waals surface area contributed by atoms with E-state index < -0.39 is 0 Å². The lowest BCUT2D eigenvalue weighted by molar-refractivity contribution is -0.128.